The first-order chi connectivity index (χ1) is 8.84. The molecule has 1 rings (SSSR count). The van der Waals surface area contributed by atoms with Crippen LogP contribution in [0, 0.1) is 0 Å². The number of rotatable bonds is 7. The molecule has 0 bridgehead atoms. The first-order valence-corrected chi connectivity index (χ1v) is 7.22. The molecule has 6 N–H and O–H groups in total. The van der Waals surface area contributed by atoms with Crippen LogP contribution in [0.15, 0.2) is 23.1 Å². The Labute approximate surface area is 112 Å². The van der Waals surface area contributed by atoms with Gasteiger partial charge in [0.05, 0.1) is 18.4 Å². The molecule has 0 saturated carbocycles. The van der Waals surface area contributed by atoms with Gasteiger partial charge in [-0.25, -0.2) is 13.6 Å². The molecule has 0 aliphatic rings. The van der Waals surface area contributed by atoms with Gasteiger partial charge in [0.1, 0.15) is 4.90 Å². The Morgan fingerprint density at radius 1 is 1.47 bits per heavy atom. The number of sulfonamides is 1. The number of ether oxygens (including phenoxy) is 1. The second kappa shape index (κ2) is 6.71. The van der Waals surface area contributed by atoms with Crippen LogP contribution in [0.1, 0.15) is 6.42 Å². The van der Waals surface area contributed by atoms with Gasteiger partial charge in [-0.3, -0.25) is 0 Å². The third-order valence-corrected chi connectivity index (χ3v) is 3.42. The van der Waals surface area contributed by atoms with E-state index in [9.17, 15) is 13.5 Å². The zero-order valence-corrected chi connectivity index (χ0v) is 11.5. The van der Waals surface area contributed by atoms with E-state index in [1.54, 1.807) is 6.07 Å². The SMILES string of the molecule is COCC(O)CCNc1ccc(N)cc1S(N)(=O)=O. The second-order valence-corrected chi connectivity index (χ2v) is 5.66. The van der Waals surface area contributed by atoms with Gasteiger partial charge >= 0.3 is 0 Å². The van der Waals surface area contributed by atoms with Crippen LogP contribution in [0.25, 0.3) is 0 Å². The van der Waals surface area contributed by atoms with Crippen molar-refractivity contribution in [2.75, 3.05) is 31.3 Å². The van der Waals surface area contributed by atoms with Crippen molar-refractivity contribution in [2.24, 2.45) is 5.14 Å². The number of anilines is 2. The Morgan fingerprint density at radius 3 is 2.74 bits per heavy atom. The lowest BCUT2D eigenvalue weighted by Gasteiger charge is -2.13. The van der Waals surface area contributed by atoms with Crippen LogP contribution in [0.5, 0.6) is 0 Å². The number of nitrogens with one attached hydrogen (secondary N) is 1. The molecule has 0 spiro atoms. The Hall–Kier alpha value is -1.35. The predicted octanol–water partition coefficient (Wildman–Crippen LogP) is -0.274. The van der Waals surface area contributed by atoms with Crippen molar-refractivity contribution in [1.29, 1.82) is 0 Å². The van der Waals surface area contributed by atoms with E-state index in [4.69, 9.17) is 15.6 Å². The summed E-state index contributed by atoms with van der Waals surface area (Å²) in [6.07, 6.45) is -0.188. The summed E-state index contributed by atoms with van der Waals surface area (Å²) in [5, 5.41) is 17.5. The van der Waals surface area contributed by atoms with Crippen LogP contribution < -0.4 is 16.2 Å². The highest BCUT2D eigenvalue weighted by atomic mass is 32.2. The number of nitrogen functional groups attached to an aromatic ring is 1. The summed E-state index contributed by atoms with van der Waals surface area (Å²) in [5.74, 6) is 0. The van der Waals surface area contributed by atoms with Crippen molar-refractivity contribution in [2.45, 2.75) is 17.4 Å². The van der Waals surface area contributed by atoms with Gasteiger partial charge in [-0.1, -0.05) is 0 Å². The van der Waals surface area contributed by atoms with Crippen LogP contribution in [-0.2, 0) is 14.8 Å². The summed E-state index contributed by atoms with van der Waals surface area (Å²) in [4.78, 5) is -0.0614. The van der Waals surface area contributed by atoms with E-state index in [0.29, 0.717) is 24.3 Å². The Bertz CT molecular complexity index is 519. The number of hydrogen-bond acceptors (Lipinski definition) is 6. The van der Waals surface area contributed by atoms with E-state index in [1.165, 1.54) is 19.2 Å². The Kier molecular flexibility index (Phi) is 5.55. The molecule has 19 heavy (non-hydrogen) atoms. The van der Waals surface area contributed by atoms with Crippen LogP contribution in [-0.4, -0.2) is 39.9 Å². The molecule has 0 amide bonds. The van der Waals surface area contributed by atoms with E-state index < -0.39 is 16.1 Å². The summed E-state index contributed by atoms with van der Waals surface area (Å²) in [6.45, 7) is 0.614. The minimum absolute atomic E-state index is 0.0614. The lowest BCUT2D eigenvalue weighted by molar-refractivity contribution is 0.0615. The van der Waals surface area contributed by atoms with Gasteiger partial charge in [0, 0.05) is 19.3 Å². The van der Waals surface area contributed by atoms with E-state index >= 15 is 0 Å². The van der Waals surface area contributed by atoms with Crippen molar-refractivity contribution >= 4 is 21.4 Å². The molecular formula is C11H19N3O4S. The van der Waals surface area contributed by atoms with E-state index in [1.807, 2.05) is 0 Å². The highest BCUT2D eigenvalue weighted by Crippen LogP contribution is 2.22. The second-order valence-electron chi connectivity index (χ2n) is 4.13. The van der Waals surface area contributed by atoms with Gasteiger partial charge in [0.25, 0.3) is 0 Å². The minimum Gasteiger partial charge on any atom is -0.399 e. The third kappa shape index (κ3) is 5.03. The van der Waals surface area contributed by atoms with Crippen molar-refractivity contribution < 1.29 is 18.3 Å². The van der Waals surface area contributed by atoms with Gasteiger partial charge in [0.15, 0.2) is 0 Å². The third-order valence-electron chi connectivity index (χ3n) is 2.46. The zero-order chi connectivity index (χ0) is 14.5. The summed E-state index contributed by atoms with van der Waals surface area (Å²) >= 11 is 0. The topological polar surface area (TPSA) is 128 Å². The molecule has 7 nitrogen and oxygen atoms in total. The van der Waals surface area contributed by atoms with Gasteiger partial charge in [-0.15, -0.1) is 0 Å². The molecule has 0 aliphatic carbocycles. The summed E-state index contributed by atoms with van der Waals surface area (Å²) in [7, 11) is -2.35. The molecule has 1 unspecified atom stereocenters. The van der Waals surface area contributed by atoms with Gasteiger partial charge < -0.3 is 20.9 Å². The molecular weight excluding hydrogens is 270 g/mol. The fraction of sp³-hybridized carbons (Fsp3) is 0.455. The van der Waals surface area contributed by atoms with Crippen molar-refractivity contribution in [3.05, 3.63) is 18.2 Å². The average molecular weight is 289 g/mol. The summed E-state index contributed by atoms with van der Waals surface area (Å²) in [5.41, 5.74) is 6.21. The maximum atomic E-state index is 11.4. The number of hydrogen-bond donors (Lipinski definition) is 4. The maximum absolute atomic E-state index is 11.4. The number of nitrogens with two attached hydrogens (primary N) is 2. The molecule has 1 atom stereocenters. The van der Waals surface area contributed by atoms with Crippen molar-refractivity contribution in [3.8, 4) is 0 Å². The smallest absolute Gasteiger partial charge is 0.240 e. The largest absolute Gasteiger partial charge is 0.399 e. The quantitative estimate of drug-likeness (QED) is 0.511. The standard InChI is InChI=1S/C11H19N3O4S/c1-18-7-9(15)4-5-14-10-3-2-8(12)6-11(10)19(13,16)17/h2-3,6,9,14-15H,4-5,7,12H2,1H3,(H2,13,16,17). The van der Waals surface area contributed by atoms with Crippen LogP contribution >= 0.6 is 0 Å². The summed E-state index contributed by atoms with van der Waals surface area (Å²) in [6, 6.07) is 4.41. The van der Waals surface area contributed by atoms with E-state index in [2.05, 4.69) is 5.32 Å². The molecule has 0 fully saturated rings. The Balaban J connectivity index is 2.74. The van der Waals surface area contributed by atoms with Gasteiger partial charge in [-0.2, -0.15) is 0 Å². The molecule has 0 radical (unpaired) electrons. The molecule has 1 aromatic carbocycles. The van der Waals surface area contributed by atoms with Crippen molar-refractivity contribution in [3.63, 3.8) is 0 Å². The first-order valence-electron chi connectivity index (χ1n) is 5.68. The number of methoxy groups -OCH3 is 1. The Morgan fingerprint density at radius 2 is 2.16 bits per heavy atom. The molecule has 8 heteroatoms. The highest BCUT2D eigenvalue weighted by molar-refractivity contribution is 7.89. The van der Waals surface area contributed by atoms with Crippen LogP contribution in [0.4, 0.5) is 11.4 Å². The maximum Gasteiger partial charge on any atom is 0.240 e. The van der Waals surface area contributed by atoms with Crippen LogP contribution in [0.3, 0.4) is 0 Å². The van der Waals surface area contributed by atoms with Gasteiger partial charge in [-0.05, 0) is 24.6 Å². The molecule has 0 aromatic heterocycles. The zero-order valence-electron chi connectivity index (χ0n) is 10.7. The fourth-order valence-corrected chi connectivity index (χ4v) is 2.32. The number of benzene rings is 1. The molecule has 0 aliphatic heterocycles. The normalized spacial score (nSPS) is 13.2. The predicted molar refractivity (Wildman–Crippen MR) is 73.2 cm³/mol. The molecule has 0 heterocycles. The lowest BCUT2D eigenvalue weighted by atomic mass is 10.2. The van der Waals surface area contributed by atoms with E-state index in [-0.39, 0.29) is 11.5 Å². The average Bonchev–Trinajstić information content (AvgIpc) is 2.30. The monoisotopic (exact) mass is 289 g/mol. The van der Waals surface area contributed by atoms with Crippen molar-refractivity contribution in [1.82, 2.24) is 0 Å². The first kappa shape index (κ1) is 15.7. The van der Waals surface area contributed by atoms with E-state index in [0.717, 1.165) is 0 Å². The minimum atomic E-state index is -3.85. The molecule has 1 aromatic rings. The highest BCUT2D eigenvalue weighted by Gasteiger charge is 2.14. The number of aliphatic hydroxyl groups is 1. The lowest BCUT2D eigenvalue weighted by Crippen LogP contribution is -2.20. The van der Waals surface area contributed by atoms with Crippen LogP contribution in [0.2, 0.25) is 0 Å². The number of aliphatic hydroxyl groups excluding tert-OH is 1. The fourth-order valence-electron chi connectivity index (χ4n) is 1.57. The summed E-state index contributed by atoms with van der Waals surface area (Å²) < 4.78 is 27.6. The molecule has 108 valence electrons. The number of primary sulfonamides is 1. The van der Waals surface area contributed by atoms with Gasteiger partial charge in [0.2, 0.25) is 10.0 Å². The molecule has 0 saturated heterocycles.